The Morgan fingerprint density at radius 1 is 1.16 bits per heavy atom. The lowest BCUT2D eigenvalue weighted by Crippen LogP contribution is -2.39. The van der Waals surface area contributed by atoms with Crippen molar-refractivity contribution in [1.29, 1.82) is 0 Å². The zero-order valence-corrected chi connectivity index (χ0v) is 18.4. The van der Waals surface area contributed by atoms with Gasteiger partial charge in [0.05, 0.1) is 23.0 Å². The molecule has 3 aromatic rings. The Labute approximate surface area is 179 Å². The van der Waals surface area contributed by atoms with Gasteiger partial charge < -0.3 is 25.2 Å². The molecule has 0 aliphatic rings. The number of hydrogen-bond acceptors (Lipinski definition) is 8. The Kier molecular flexibility index (Phi) is 5.62. The molecule has 31 heavy (non-hydrogen) atoms. The zero-order valence-electron chi connectivity index (χ0n) is 18.4. The number of amides is 1. The molecule has 0 radical (unpaired) electrons. The number of nitrogens with one attached hydrogen (secondary N) is 2. The van der Waals surface area contributed by atoms with Gasteiger partial charge in [0, 0.05) is 20.2 Å². The summed E-state index contributed by atoms with van der Waals surface area (Å²) in [6.45, 7) is 7.68. The molecular weight excluding hydrogens is 400 g/mol. The molecule has 1 heterocycles. The Morgan fingerprint density at radius 2 is 1.81 bits per heavy atom. The summed E-state index contributed by atoms with van der Waals surface area (Å²) in [5.74, 6) is -0.165. The molecule has 0 unspecified atom stereocenters. The van der Waals surface area contributed by atoms with Crippen LogP contribution in [0, 0.1) is 12.3 Å². The number of phenolic OH excluding ortho intramolecular Hbond substituents is 1. The van der Waals surface area contributed by atoms with Crippen molar-refractivity contribution in [2.45, 2.75) is 33.7 Å². The number of phenols is 1. The third-order valence-electron chi connectivity index (χ3n) is 4.93. The van der Waals surface area contributed by atoms with Gasteiger partial charge in [0.25, 0.3) is 16.8 Å². The number of benzene rings is 1. The molecule has 3 rings (SSSR count). The predicted molar refractivity (Wildman–Crippen MR) is 118 cm³/mol. The van der Waals surface area contributed by atoms with Gasteiger partial charge in [-0.25, -0.2) is 0 Å². The maximum absolute atomic E-state index is 12.3. The van der Waals surface area contributed by atoms with Gasteiger partial charge in [-0.2, -0.15) is 0 Å². The van der Waals surface area contributed by atoms with E-state index in [4.69, 9.17) is 4.52 Å². The highest BCUT2D eigenvalue weighted by molar-refractivity contribution is 5.99. The first-order valence-corrected chi connectivity index (χ1v) is 9.75. The lowest BCUT2D eigenvalue weighted by Gasteiger charge is -2.31. The van der Waals surface area contributed by atoms with Crippen molar-refractivity contribution in [2.24, 2.45) is 5.41 Å². The van der Waals surface area contributed by atoms with Crippen LogP contribution in [0.2, 0.25) is 0 Å². The Hall–Kier alpha value is -3.62. The van der Waals surface area contributed by atoms with Crippen LogP contribution < -0.4 is 21.5 Å². The largest absolute Gasteiger partial charge is 0.505 e. The second kappa shape index (κ2) is 7.90. The number of para-hydroxylation sites is 1. The zero-order chi connectivity index (χ0) is 23.1. The van der Waals surface area contributed by atoms with E-state index in [-0.39, 0.29) is 33.8 Å². The van der Waals surface area contributed by atoms with Crippen LogP contribution in [0.25, 0.3) is 0 Å². The summed E-state index contributed by atoms with van der Waals surface area (Å²) in [5, 5.41) is 20.4. The van der Waals surface area contributed by atoms with Crippen molar-refractivity contribution in [3.8, 4) is 5.75 Å². The number of carbonyl (C=O) groups excluding carboxylic acids is 1. The van der Waals surface area contributed by atoms with Crippen LogP contribution in [0.1, 0.15) is 48.6 Å². The summed E-state index contributed by atoms with van der Waals surface area (Å²) >= 11 is 0. The molecule has 164 valence electrons. The number of rotatable bonds is 6. The molecule has 0 spiro atoms. The standard InChI is InChI=1S/C22H26N4O5/c1-11-10-14(31-25-11)20(22(2,3)4)24-16-15(18(28)19(16)29)23-13-9-7-8-12(17(13)27)21(30)26(5)6/h7-10,20,23-24,27H,1-6H3/t20-/m0/s1. The number of aromatic nitrogens is 1. The minimum Gasteiger partial charge on any atom is -0.505 e. The molecule has 3 N–H and O–H groups in total. The fourth-order valence-corrected chi connectivity index (χ4v) is 3.22. The number of aromatic hydroxyl groups is 1. The summed E-state index contributed by atoms with van der Waals surface area (Å²) in [6.07, 6.45) is 0. The van der Waals surface area contributed by atoms with Crippen molar-refractivity contribution in [1.82, 2.24) is 10.1 Å². The number of carbonyl (C=O) groups is 1. The second-order valence-electron chi connectivity index (χ2n) is 8.75. The molecule has 0 aliphatic heterocycles. The lowest BCUT2D eigenvalue weighted by atomic mass is 9.84. The quantitative estimate of drug-likeness (QED) is 0.406. The molecule has 9 nitrogen and oxygen atoms in total. The molecule has 1 amide bonds. The lowest BCUT2D eigenvalue weighted by molar-refractivity contribution is 0.0824. The predicted octanol–water partition coefficient (Wildman–Crippen LogP) is 2.93. The molecule has 0 saturated heterocycles. The van der Waals surface area contributed by atoms with Gasteiger partial charge in [0.15, 0.2) is 11.5 Å². The molecule has 0 bridgehead atoms. The van der Waals surface area contributed by atoms with Crippen molar-refractivity contribution in [3.05, 3.63) is 61.7 Å². The molecule has 1 atom stereocenters. The molecule has 0 aliphatic carbocycles. The van der Waals surface area contributed by atoms with Gasteiger partial charge in [-0.3, -0.25) is 14.4 Å². The molecule has 9 heteroatoms. The third kappa shape index (κ3) is 4.16. The average Bonchev–Trinajstić information content (AvgIpc) is 3.12. The first kappa shape index (κ1) is 22.1. The molecule has 0 fully saturated rings. The fraction of sp³-hybridized carbons (Fsp3) is 0.364. The smallest absolute Gasteiger partial charge is 0.257 e. The highest BCUT2D eigenvalue weighted by Crippen LogP contribution is 2.38. The van der Waals surface area contributed by atoms with Crippen LogP contribution in [0.4, 0.5) is 17.1 Å². The van der Waals surface area contributed by atoms with Gasteiger partial charge >= 0.3 is 0 Å². The van der Waals surface area contributed by atoms with E-state index in [9.17, 15) is 19.5 Å². The normalized spacial score (nSPS) is 12.6. The van der Waals surface area contributed by atoms with E-state index in [0.717, 1.165) is 0 Å². The maximum atomic E-state index is 12.3. The SMILES string of the molecule is Cc1cc([C@H](Nc2c(Nc3cccc(C(=O)N(C)C)c3O)c(=O)c2=O)C(C)(C)C)on1. The van der Waals surface area contributed by atoms with Crippen LogP contribution in [-0.4, -0.2) is 35.2 Å². The van der Waals surface area contributed by atoms with Crippen molar-refractivity contribution in [3.63, 3.8) is 0 Å². The van der Waals surface area contributed by atoms with Gasteiger partial charge in [0.2, 0.25) is 0 Å². The van der Waals surface area contributed by atoms with Crippen molar-refractivity contribution < 1.29 is 14.4 Å². The van der Waals surface area contributed by atoms with Crippen molar-refractivity contribution in [2.75, 3.05) is 24.7 Å². The minimum atomic E-state index is -0.715. The van der Waals surface area contributed by atoms with E-state index in [0.29, 0.717) is 11.5 Å². The number of aryl methyl sites for hydroxylation is 1. The van der Waals surface area contributed by atoms with Crippen LogP contribution in [0.15, 0.2) is 38.4 Å². The Bertz CT molecular complexity index is 1200. The average molecular weight is 426 g/mol. The van der Waals surface area contributed by atoms with E-state index in [2.05, 4.69) is 15.8 Å². The molecular formula is C22H26N4O5. The third-order valence-corrected chi connectivity index (χ3v) is 4.93. The Balaban J connectivity index is 1.96. The number of nitrogens with zero attached hydrogens (tertiary/aromatic N) is 2. The van der Waals surface area contributed by atoms with E-state index in [1.165, 1.54) is 17.0 Å². The van der Waals surface area contributed by atoms with E-state index in [1.54, 1.807) is 33.2 Å². The maximum Gasteiger partial charge on any atom is 0.257 e. The summed E-state index contributed by atoms with van der Waals surface area (Å²) in [7, 11) is 3.14. The van der Waals surface area contributed by atoms with Crippen molar-refractivity contribution >= 4 is 23.0 Å². The molecule has 0 saturated carbocycles. The van der Waals surface area contributed by atoms with Crippen LogP contribution in [-0.2, 0) is 0 Å². The van der Waals surface area contributed by atoms with Gasteiger partial charge in [-0.1, -0.05) is 32.0 Å². The van der Waals surface area contributed by atoms with Gasteiger partial charge in [-0.15, -0.1) is 0 Å². The van der Waals surface area contributed by atoms with E-state index in [1.807, 2.05) is 20.8 Å². The number of hydrogen-bond donors (Lipinski definition) is 3. The monoisotopic (exact) mass is 426 g/mol. The van der Waals surface area contributed by atoms with Crippen LogP contribution in [0.5, 0.6) is 5.75 Å². The highest BCUT2D eigenvalue weighted by Gasteiger charge is 2.33. The molecule has 1 aromatic heterocycles. The van der Waals surface area contributed by atoms with Crippen LogP contribution >= 0.6 is 0 Å². The van der Waals surface area contributed by atoms with Gasteiger partial charge in [0.1, 0.15) is 11.4 Å². The second-order valence-corrected chi connectivity index (χ2v) is 8.75. The summed E-state index contributed by atoms with van der Waals surface area (Å²) < 4.78 is 5.39. The van der Waals surface area contributed by atoms with E-state index >= 15 is 0 Å². The summed E-state index contributed by atoms with van der Waals surface area (Å²) in [5.41, 5.74) is -0.743. The summed E-state index contributed by atoms with van der Waals surface area (Å²) in [4.78, 5) is 38.2. The minimum absolute atomic E-state index is 0.0141. The summed E-state index contributed by atoms with van der Waals surface area (Å²) in [6, 6.07) is 5.90. The van der Waals surface area contributed by atoms with E-state index < -0.39 is 22.8 Å². The van der Waals surface area contributed by atoms with Crippen LogP contribution in [0.3, 0.4) is 0 Å². The highest BCUT2D eigenvalue weighted by atomic mass is 16.5. The topological polar surface area (TPSA) is 125 Å². The van der Waals surface area contributed by atoms with Gasteiger partial charge in [-0.05, 0) is 24.5 Å². The number of anilines is 3. The molecule has 2 aromatic carbocycles. The first-order chi connectivity index (χ1) is 14.4. The first-order valence-electron chi connectivity index (χ1n) is 9.75. The fourth-order valence-electron chi connectivity index (χ4n) is 3.22. The Morgan fingerprint density at radius 3 is 2.35 bits per heavy atom.